The lowest BCUT2D eigenvalue weighted by atomic mass is 10.1. The Bertz CT molecular complexity index is 1170. The molecular weight excluding hydrogens is 578 g/mol. The Labute approximate surface area is 200 Å². The number of nitrogens with zero attached hydrogens (tertiary/aromatic N) is 3. The maximum atomic E-state index is 13.2. The predicted octanol–water partition coefficient (Wildman–Crippen LogP) is 6.64. The first kappa shape index (κ1) is 22.9. The van der Waals surface area contributed by atoms with E-state index in [1.165, 1.54) is 4.68 Å². The predicted molar refractivity (Wildman–Crippen MR) is 133 cm³/mol. The maximum Gasteiger partial charge on any atom is 0.282 e. The highest BCUT2D eigenvalue weighted by atomic mass is 79.9. The maximum absolute atomic E-state index is 13.2. The summed E-state index contributed by atoms with van der Waals surface area (Å²) in [6.07, 6.45) is 4.17. The molecule has 0 aliphatic carbocycles. The molecule has 3 aromatic rings. The van der Waals surface area contributed by atoms with Crippen LogP contribution in [-0.2, 0) is 0 Å². The highest BCUT2D eigenvalue weighted by molar-refractivity contribution is 9.11. The molecule has 0 spiro atoms. The van der Waals surface area contributed by atoms with Crippen LogP contribution in [0.3, 0.4) is 0 Å². The summed E-state index contributed by atoms with van der Waals surface area (Å²) in [6, 6.07) is 9.26. The molecule has 0 fully saturated rings. The number of halogens is 3. The van der Waals surface area contributed by atoms with Crippen molar-refractivity contribution in [3.63, 3.8) is 0 Å². The topological polar surface area (TPSA) is 56.5 Å². The third-order valence-corrected chi connectivity index (χ3v) is 6.25. The van der Waals surface area contributed by atoms with E-state index < -0.39 is 0 Å². The van der Waals surface area contributed by atoms with E-state index in [4.69, 9.17) is 9.72 Å². The molecule has 3 rings (SSSR count). The molecule has 0 aliphatic rings. The molecule has 1 aromatic heterocycles. The van der Waals surface area contributed by atoms with E-state index in [0.29, 0.717) is 29.1 Å². The second-order valence-corrected chi connectivity index (χ2v) is 9.34. The van der Waals surface area contributed by atoms with Gasteiger partial charge in [0.05, 0.1) is 26.1 Å². The van der Waals surface area contributed by atoms with Gasteiger partial charge in [-0.25, -0.2) is 4.98 Å². The van der Waals surface area contributed by atoms with Gasteiger partial charge in [-0.15, -0.1) is 0 Å². The van der Waals surface area contributed by atoms with E-state index in [-0.39, 0.29) is 11.5 Å². The molecule has 0 aliphatic heterocycles. The van der Waals surface area contributed by atoms with Crippen molar-refractivity contribution in [1.82, 2.24) is 9.66 Å². The van der Waals surface area contributed by atoms with Crippen molar-refractivity contribution in [3.05, 3.63) is 78.1 Å². The average Bonchev–Trinajstić information content (AvgIpc) is 2.72. The molecule has 0 saturated heterocycles. The Kier molecular flexibility index (Phi) is 7.65. The van der Waals surface area contributed by atoms with Gasteiger partial charge in [0, 0.05) is 10.4 Å². The second-order valence-electron chi connectivity index (χ2n) is 6.72. The molecule has 0 radical (unpaired) electrons. The van der Waals surface area contributed by atoms with Gasteiger partial charge >= 0.3 is 0 Å². The Balaban J connectivity index is 2.10. The Morgan fingerprint density at radius 3 is 2.57 bits per heavy atom. The van der Waals surface area contributed by atoms with Gasteiger partial charge in [-0.2, -0.15) is 9.78 Å². The van der Waals surface area contributed by atoms with Crippen molar-refractivity contribution in [3.8, 4) is 5.75 Å². The third-order valence-electron chi connectivity index (χ3n) is 4.57. The molecular formula is C22H20Br3N3O2. The molecule has 0 unspecified atom stereocenters. The lowest BCUT2D eigenvalue weighted by Crippen LogP contribution is -2.23. The van der Waals surface area contributed by atoms with Gasteiger partial charge in [-0.05, 0) is 74.2 Å². The molecule has 8 heteroatoms. The molecule has 0 amide bonds. The summed E-state index contributed by atoms with van der Waals surface area (Å²) in [4.78, 5) is 17.9. The first-order valence-corrected chi connectivity index (χ1v) is 11.7. The second kappa shape index (κ2) is 10.0. The lowest BCUT2D eigenvalue weighted by Gasteiger charge is -2.14. The fourth-order valence-electron chi connectivity index (χ4n) is 2.84. The SMILES string of the molecule is C=CCOc1c(Br)cc(C=Nn2c([C@@H](C)CC)nc3ccc(Br)cc3c2=O)cc1Br. The van der Waals surface area contributed by atoms with Gasteiger partial charge in [0.15, 0.2) is 0 Å². The van der Waals surface area contributed by atoms with Crippen LogP contribution in [0.5, 0.6) is 5.75 Å². The van der Waals surface area contributed by atoms with Gasteiger partial charge in [0.25, 0.3) is 5.56 Å². The van der Waals surface area contributed by atoms with Gasteiger partial charge in [0.2, 0.25) is 0 Å². The van der Waals surface area contributed by atoms with Crippen molar-refractivity contribution >= 4 is 64.9 Å². The summed E-state index contributed by atoms with van der Waals surface area (Å²) in [5.74, 6) is 1.40. The van der Waals surface area contributed by atoms with Crippen molar-refractivity contribution in [2.24, 2.45) is 5.10 Å². The molecule has 0 bridgehead atoms. The number of benzene rings is 2. The minimum atomic E-state index is -0.197. The molecule has 1 heterocycles. The highest BCUT2D eigenvalue weighted by Gasteiger charge is 2.16. The van der Waals surface area contributed by atoms with Crippen LogP contribution < -0.4 is 10.3 Å². The standard InChI is InChI=1S/C22H20Br3N3O2/c1-4-8-30-20-17(24)9-14(10-18(20)25)12-26-28-21(13(3)5-2)27-19-7-6-15(23)11-16(19)22(28)29/h4,6-7,9-13H,1,5,8H2,2-3H3/t13-/m0/s1. The van der Waals surface area contributed by atoms with E-state index in [9.17, 15) is 4.79 Å². The summed E-state index contributed by atoms with van der Waals surface area (Å²) >= 11 is 10.5. The van der Waals surface area contributed by atoms with Gasteiger partial charge in [-0.3, -0.25) is 4.79 Å². The first-order valence-electron chi connectivity index (χ1n) is 9.35. The monoisotopic (exact) mass is 595 g/mol. The summed E-state index contributed by atoms with van der Waals surface area (Å²) in [6.45, 7) is 8.16. The molecule has 156 valence electrons. The number of hydrogen-bond acceptors (Lipinski definition) is 4. The molecule has 0 saturated carbocycles. The van der Waals surface area contributed by atoms with Gasteiger partial charge in [-0.1, -0.05) is 42.4 Å². The van der Waals surface area contributed by atoms with Crippen LogP contribution in [-0.4, -0.2) is 22.5 Å². The molecule has 1 atom stereocenters. The summed E-state index contributed by atoms with van der Waals surface area (Å²) in [7, 11) is 0. The summed E-state index contributed by atoms with van der Waals surface area (Å²) in [5, 5.41) is 5.02. The smallest absolute Gasteiger partial charge is 0.282 e. The number of fused-ring (bicyclic) bond motifs is 1. The van der Waals surface area contributed by atoms with E-state index in [0.717, 1.165) is 25.4 Å². The van der Waals surface area contributed by atoms with Crippen molar-refractivity contribution in [2.75, 3.05) is 6.61 Å². The third kappa shape index (κ3) is 4.92. The van der Waals surface area contributed by atoms with E-state index in [2.05, 4.69) is 66.4 Å². The van der Waals surface area contributed by atoms with Crippen LogP contribution in [0.15, 0.2) is 66.3 Å². The van der Waals surface area contributed by atoms with Crippen LogP contribution in [0.1, 0.15) is 37.6 Å². The van der Waals surface area contributed by atoms with E-state index >= 15 is 0 Å². The highest BCUT2D eigenvalue weighted by Crippen LogP contribution is 2.34. The quantitative estimate of drug-likeness (QED) is 0.226. The zero-order valence-corrected chi connectivity index (χ0v) is 21.3. The van der Waals surface area contributed by atoms with Crippen LogP contribution in [0.4, 0.5) is 0 Å². The molecule has 5 nitrogen and oxygen atoms in total. The van der Waals surface area contributed by atoms with Crippen LogP contribution in [0.2, 0.25) is 0 Å². The van der Waals surface area contributed by atoms with Gasteiger partial charge in [0.1, 0.15) is 18.2 Å². The minimum absolute atomic E-state index is 0.0797. The zero-order valence-electron chi connectivity index (χ0n) is 16.5. The van der Waals surface area contributed by atoms with Crippen LogP contribution >= 0.6 is 47.8 Å². The Morgan fingerprint density at radius 1 is 1.23 bits per heavy atom. The normalized spacial score (nSPS) is 12.4. The average molecular weight is 598 g/mol. The number of ether oxygens (including phenoxy) is 1. The number of hydrogen-bond donors (Lipinski definition) is 0. The van der Waals surface area contributed by atoms with Crippen LogP contribution in [0.25, 0.3) is 10.9 Å². The molecule has 2 aromatic carbocycles. The lowest BCUT2D eigenvalue weighted by molar-refractivity contribution is 0.358. The van der Waals surface area contributed by atoms with E-state index in [1.54, 1.807) is 18.4 Å². The largest absolute Gasteiger partial charge is 0.487 e. The molecule has 30 heavy (non-hydrogen) atoms. The zero-order chi connectivity index (χ0) is 21.8. The fraction of sp³-hybridized carbons (Fsp3) is 0.227. The number of aromatic nitrogens is 2. The van der Waals surface area contributed by atoms with Crippen molar-refractivity contribution in [2.45, 2.75) is 26.2 Å². The van der Waals surface area contributed by atoms with Gasteiger partial charge < -0.3 is 4.74 Å². The fourth-order valence-corrected chi connectivity index (χ4v) is 4.65. The summed E-state index contributed by atoms with van der Waals surface area (Å²) in [5.41, 5.74) is 1.27. The Hall–Kier alpha value is -1.77. The summed E-state index contributed by atoms with van der Waals surface area (Å²) < 4.78 is 9.42. The Morgan fingerprint density at radius 2 is 1.93 bits per heavy atom. The minimum Gasteiger partial charge on any atom is -0.487 e. The van der Waals surface area contributed by atoms with Crippen molar-refractivity contribution < 1.29 is 4.74 Å². The molecule has 0 N–H and O–H groups in total. The first-order chi connectivity index (χ1) is 14.3. The van der Waals surface area contributed by atoms with E-state index in [1.807, 2.05) is 31.2 Å². The number of rotatable bonds is 7. The van der Waals surface area contributed by atoms with Crippen LogP contribution in [0, 0.1) is 0 Å². The van der Waals surface area contributed by atoms with Crippen molar-refractivity contribution in [1.29, 1.82) is 0 Å².